The van der Waals surface area contributed by atoms with Crippen LogP contribution in [0.4, 0.5) is 5.82 Å². The van der Waals surface area contributed by atoms with Crippen LogP contribution >= 0.6 is 11.6 Å². The Kier molecular flexibility index (Phi) is 5.27. The van der Waals surface area contributed by atoms with Crippen LogP contribution in [0.15, 0.2) is 48.8 Å². The lowest BCUT2D eigenvalue weighted by Gasteiger charge is -2.15. The molecule has 0 aliphatic heterocycles. The Labute approximate surface area is 160 Å². The van der Waals surface area contributed by atoms with Crippen molar-refractivity contribution in [2.75, 3.05) is 0 Å². The molecule has 1 N–H and O–H groups in total. The molecule has 1 aromatic carbocycles. The number of amides is 1. The van der Waals surface area contributed by atoms with Crippen molar-refractivity contribution in [1.82, 2.24) is 19.7 Å². The Morgan fingerprint density at radius 1 is 1.33 bits per heavy atom. The highest BCUT2D eigenvalue weighted by molar-refractivity contribution is 6.33. The van der Waals surface area contributed by atoms with Crippen molar-refractivity contribution in [3.63, 3.8) is 0 Å². The summed E-state index contributed by atoms with van der Waals surface area (Å²) in [5.74, 6) is -0.763. The van der Waals surface area contributed by atoms with Crippen LogP contribution in [-0.4, -0.2) is 25.2 Å². The molecule has 0 saturated carbocycles. The van der Waals surface area contributed by atoms with Gasteiger partial charge in [0.25, 0.3) is 0 Å². The molecule has 27 heavy (non-hydrogen) atoms. The second-order valence-electron chi connectivity index (χ2n) is 6.11. The number of nitrogens with zero attached hydrogens (tertiary/aromatic N) is 4. The van der Waals surface area contributed by atoms with Crippen molar-refractivity contribution >= 4 is 23.3 Å². The van der Waals surface area contributed by atoms with Gasteiger partial charge in [-0.3, -0.25) is 4.79 Å². The lowest BCUT2D eigenvalue weighted by atomic mass is 10.1. The van der Waals surface area contributed by atoms with Crippen LogP contribution in [0.3, 0.4) is 0 Å². The molecule has 1 unspecified atom stereocenters. The van der Waals surface area contributed by atoms with Gasteiger partial charge in [-0.2, -0.15) is 4.68 Å². The first-order valence-corrected chi connectivity index (χ1v) is 8.64. The predicted molar refractivity (Wildman–Crippen MR) is 101 cm³/mol. The highest BCUT2D eigenvalue weighted by atomic mass is 35.5. The van der Waals surface area contributed by atoms with Crippen LogP contribution < -0.4 is 5.32 Å². The average molecular weight is 388 g/mol. The normalized spacial score (nSPS) is 12.0. The Hall–Kier alpha value is -3.13. The number of rotatable bonds is 6. The predicted octanol–water partition coefficient (Wildman–Crippen LogP) is 3.42. The van der Waals surface area contributed by atoms with Gasteiger partial charge >= 0.3 is 5.82 Å². The number of carbonyl (C=O) groups excluding carboxylic acids is 1. The maximum atomic E-state index is 12.4. The van der Waals surface area contributed by atoms with E-state index in [1.165, 1.54) is 4.68 Å². The molecule has 2 aromatic heterocycles. The van der Waals surface area contributed by atoms with Gasteiger partial charge in [0.05, 0.1) is 16.8 Å². The molecule has 8 nitrogen and oxygen atoms in total. The SMILES string of the molecule is Cc1c(Cl)c([N+](=O)[O-])nn1CC(=O)NC(C)c1cccc(-n2cccc2)c1. The Bertz CT molecular complexity index is 981. The summed E-state index contributed by atoms with van der Waals surface area (Å²) in [5.41, 5.74) is 2.31. The number of hydrogen-bond acceptors (Lipinski definition) is 4. The number of nitrogens with one attached hydrogen (secondary N) is 1. The zero-order valence-electron chi connectivity index (χ0n) is 14.8. The second-order valence-corrected chi connectivity index (χ2v) is 6.49. The van der Waals surface area contributed by atoms with Gasteiger partial charge in [0.1, 0.15) is 6.54 Å². The van der Waals surface area contributed by atoms with Gasteiger partial charge in [-0.15, -0.1) is 0 Å². The first-order valence-electron chi connectivity index (χ1n) is 8.26. The largest absolute Gasteiger partial charge is 0.408 e. The number of hydrogen-bond donors (Lipinski definition) is 1. The van der Waals surface area contributed by atoms with E-state index in [0.717, 1.165) is 11.3 Å². The minimum Gasteiger partial charge on any atom is -0.358 e. The molecular formula is C18H18ClN5O3. The van der Waals surface area contributed by atoms with E-state index in [9.17, 15) is 14.9 Å². The van der Waals surface area contributed by atoms with E-state index in [1.54, 1.807) is 6.92 Å². The van der Waals surface area contributed by atoms with Gasteiger partial charge < -0.3 is 20.0 Å². The highest BCUT2D eigenvalue weighted by Crippen LogP contribution is 2.26. The fourth-order valence-corrected chi connectivity index (χ4v) is 2.95. The van der Waals surface area contributed by atoms with Crippen molar-refractivity contribution in [3.8, 4) is 5.69 Å². The van der Waals surface area contributed by atoms with E-state index in [2.05, 4.69) is 10.4 Å². The molecular weight excluding hydrogens is 370 g/mol. The smallest absolute Gasteiger partial charge is 0.358 e. The summed E-state index contributed by atoms with van der Waals surface area (Å²) in [6, 6.07) is 11.5. The van der Waals surface area contributed by atoms with Crippen LogP contribution in [-0.2, 0) is 11.3 Å². The Morgan fingerprint density at radius 2 is 2.04 bits per heavy atom. The molecule has 0 spiro atoms. The molecule has 0 bridgehead atoms. The average Bonchev–Trinajstić information content (AvgIpc) is 3.26. The summed E-state index contributed by atoms with van der Waals surface area (Å²) < 4.78 is 3.21. The third kappa shape index (κ3) is 4.01. The summed E-state index contributed by atoms with van der Waals surface area (Å²) in [7, 11) is 0. The molecule has 0 aliphatic rings. The number of benzene rings is 1. The van der Waals surface area contributed by atoms with Gasteiger partial charge in [-0.05, 0) is 48.6 Å². The molecule has 2 heterocycles. The van der Waals surface area contributed by atoms with Gasteiger partial charge in [-0.25, -0.2) is 0 Å². The zero-order chi connectivity index (χ0) is 19.6. The molecule has 3 aromatic rings. The van der Waals surface area contributed by atoms with Gasteiger partial charge in [0.2, 0.25) is 5.91 Å². The molecule has 0 saturated heterocycles. The molecule has 1 atom stereocenters. The van der Waals surface area contributed by atoms with E-state index in [-0.39, 0.29) is 23.5 Å². The Morgan fingerprint density at radius 3 is 2.67 bits per heavy atom. The van der Waals surface area contributed by atoms with Crippen LogP contribution in [0.2, 0.25) is 5.02 Å². The summed E-state index contributed by atoms with van der Waals surface area (Å²) in [5, 5.41) is 17.5. The minimum absolute atomic E-state index is 0.0553. The van der Waals surface area contributed by atoms with E-state index in [4.69, 9.17) is 11.6 Å². The third-order valence-corrected chi connectivity index (χ3v) is 4.68. The maximum Gasteiger partial charge on any atom is 0.408 e. The number of carbonyl (C=O) groups is 1. The molecule has 0 aliphatic carbocycles. The Balaban J connectivity index is 1.71. The van der Waals surface area contributed by atoms with Crippen molar-refractivity contribution in [3.05, 3.63) is 75.2 Å². The quantitative estimate of drug-likeness (QED) is 0.517. The van der Waals surface area contributed by atoms with Crippen molar-refractivity contribution in [2.45, 2.75) is 26.4 Å². The fraction of sp³-hybridized carbons (Fsp3) is 0.222. The van der Waals surface area contributed by atoms with Crippen LogP contribution in [0, 0.1) is 17.0 Å². The van der Waals surface area contributed by atoms with Crippen molar-refractivity contribution in [2.24, 2.45) is 0 Å². The first-order chi connectivity index (χ1) is 12.9. The van der Waals surface area contributed by atoms with Crippen molar-refractivity contribution in [1.29, 1.82) is 0 Å². The lowest BCUT2D eigenvalue weighted by Crippen LogP contribution is -2.30. The van der Waals surface area contributed by atoms with Crippen LogP contribution in [0.25, 0.3) is 5.69 Å². The van der Waals surface area contributed by atoms with Gasteiger partial charge in [0, 0.05) is 18.1 Å². The zero-order valence-corrected chi connectivity index (χ0v) is 15.6. The van der Waals surface area contributed by atoms with E-state index >= 15 is 0 Å². The summed E-state index contributed by atoms with van der Waals surface area (Å²) in [6.45, 7) is 3.30. The fourth-order valence-electron chi connectivity index (χ4n) is 2.75. The molecule has 140 valence electrons. The van der Waals surface area contributed by atoms with Gasteiger partial charge in [0.15, 0.2) is 5.02 Å². The summed E-state index contributed by atoms with van der Waals surface area (Å²) in [6.07, 6.45) is 3.89. The second kappa shape index (κ2) is 7.63. The molecule has 1 amide bonds. The number of nitro groups is 1. The maximum absolute atomic E-state index is 12.4. The molecule has 0 fully saturated rings. The van der Waals surface area contributed by atoms with Crippen LogP contribution in [0.1, 0.15) is 24.2 Å². The standard InChI is InChI=1S/C18H18ClN5O3/c1-12(14-6-5-7-15(10-14)22-8-3-4-9-22)20-16(25)11-23-13(2)17(19)18(21-23)24(26)27/h3-10,12H,11H2,1-2H3,(H,20,25). The van der Waals surface area contributed by atoms with Crippen LogP contribution in [0.5, 0.6) is 0 Å². The minimum atomic E-state index is -0.668. The highest BCUT2D eigenvalue weighted by Gasteiger charge is 2.25. The molecule has 9 heteroatoms. The van der Waals surface area contributed by atoms with E-state index in [0.29, 0.717) is 5.69 Å². The van der Waals surface area contributed by atoms with E-state index in [1.807, 2.05) is 60.3 Å². The summed E-state index contributed by atoms with van der Waals surface area (Å²) >= 11 is 5.90. The molecule has 0 radical (unpaired) electrons. The summed E-state index contributed by atoms with van der Waals surface area (Å²) in [4.78, 5) is 22.6. The first kappa shape index (κ1) is 18.7. The molecule has 3 rings (SSSR count). The monoisotopic (exact) mass is 387 g/mol. The topological polar surface area (TPSA) is 95.0 Å². The number of aromatic nitrogens is 3. The third-order valence-electron chi connectivity index (χ3n) is 4.23. The van der Waals surface area contributed by atoms with Gasteiger partial charge in [-0.1, -0.05) is 23.7 Å². The van der Waals surface area contributed by atoms with Crippen molar-refractivity contribution < 1.29 is 9.72 Å². The lowest BCUT2D eigenvalue weighted by molar-refractivity contribution is -0.389. The number of halogens is 1. The van der Waals surface area contributed by atoms with E-state index < -0.39 is 10.7 Å².